The fourth-order valence-electron chi connectivity index (χ4n) is 3.43. The van der Waals surface area contributed by atoms with Gasteiger partial charge in [0.25, 0.3) is 11.6 Å². The van der Waals surface area contributed by atoms with Crippen LogP contribution in [0.5, 0.6) is 0 Å². The summed E-state index contributed by atoms with van der Waals surface area (Å²) in [6, 6.07) is 10.6. The van der Waals surface area contributed by atoms with Crippen molar-refractivity contribution < 1.29 is 9.72 Å². The van der Waals surface area contributed by atoms with Crippen LogP contribution in [0.1, 0.15) is 38.3 Å². The van der Waals surface area contributed by atoms with Crippen molar-refractivity contribution in [2.45, 2.75) is 32.3 Å². The molecule has 2 heterocycles. The Hall–Kier alpha value is -3.13. The first-order chi connectivity index (χ1) is 13.9. The van der Waals surface area contributed by atoms with Gasteiger partial charge in [0.05, 0.1) is 16.3 Å². The second-order valence-corrected chi connectivity index (χ2v) is 8.09. The van der Waals surface area contributed by atoms with Crippen molar-refractivity contribution in [3.63, 3.8) is 0 Å². The van der Waals surface area contributed by atoms with E-state index < -0.39 is 4.92 Å². The van der Waals surface area contributed by atoms with Crippen LogP contribution < -0.4 is 5.32 Å². The highest BCUT2D eigenvalue weighted by atomic mass is 32.2. The van der Waals surface area contributed by atoms with Gasteiger partial charge in [0.1, 0.15) is 5.82 Å². The lowest BCUT2D eigenvalue weighted by atomic mass is 10.1. The van der Waals surface area contributed by atoms with E-state index in [9.17, 15) is 14.9 Å². The summed E-state index contributed by atoms with van der Waals surface area (Å²) in [4.78, 5) is 23.8. The maximum absolute atomic E-state index is 13.0. The molecule has 2 aromatic carbocycles. The SMILES string of the molecule is Cc1ccc(-n2nc3c(c2NC(=O)c2cccc([N+](=O)[O-])c2C)CSC3)cc1C. The van der Waals surface area contributed by atoms with Crippen LogP contribution >= 0.6 is 11.8 Å². The molecule has 1 amide bonds. The molecule has 3 aromatic rings. The molecule has 0 saturated heterocycles. The van der Waals surface area contributed by atoms with Crippen LogP contribution in [-0.4, -0.2) is 20.6 Å². The predicted octanol–water partition coefficient (Wildman–Crippen LogP) is 4.70. The molecule has 0 aliphatic carbocycles. The number of thioether (sulfide) groups is 1. The van der Waals surface area contributed by atoms with Crippen LogP contribution in [0.25, 0.3) is 5.69 Å². The third-order valence-electron chi connectivity index (χ3n) is 5.27. The molecule has 148 valence electrons. The molecule has 7 nitrogen and oxygen atoms in total. The second-order valence-electron chi connectivity index (χ2n) is 7.11. The topological polar surface area (TPSA) is 90.1 Å². The second kappa shape index (κ2) is 7.36. The highest BCUT2D eigenvalue weighted by Gasteiger charge is 2.26. The minimum atomic E-state index is -0.472. The van der Waals surface area contributed by atoms with Crippen molar-refractivity contribution in [2.24, 2.45) is 0 Å². The molecule has 8 heteroatoms. The number of nitro groups is 1. The zero-order valence-corrected chi connectivity index (χ0v) is 17.2. The van der Waals surface area contributed by atoms with E-state index in [0.29, 0.717) is 11.4 Å². The number of hydrogen-bond donors (Lipinski definition) is 1. The number of nitrogens with zero attached hydrogens (tertiary/aromatic N) is 3. The molecular formula is C21H20N4O3S. The molecular weight excluding hydrogens is 388 g/mol. The number of carbonyl (C=O) groups is 1. The number of aromatic nitrogens is 2. The van der Waals surface area contributed by atoms with Crippen LogP contribution in [0.3, 0.4) is 0 Å². The van der Waals surface area contributed by atoms with E-state index in [0.717, 1.165) is 34.0 Å². The van der Waals surface area contributed by atoms with E-state index in [1.807, 2.05) is 32.0 Å². The summed E-state index contributed by atoms with van der Waals surface area (Å²) in [5.41, 5.74) is 5.72. The molecule has 0 fully saturated rings. The Morgan fingerprint density at radius 2 is 1.97 bits per heavy atom. The van der Waals surface area contributed by atoms with E-state index in [1.165, 1.54) is 17.7 Å². The van der Waals surface area contributed by atoms with Gasteiger partial charge in [-0.15, -0.1) is 0 Å². The highest BCUT2D eigenvalue weighted by molar-refractivity contribution is 7.98. The van der Waals surface area contributed by atoms with E-state index in [1.54, 1.807) is 29.4 Å². The Kier molecular flexibility index (Phi) is 4.87. The minimum Gasteiger partial charge on any atom is -0.306 e. The number of fused-ring (bicyclic) bond motifs is 1. The molecule has 29 heavy (non-hydrogen) atoms. The van der Waals surface area contributed by atoms with Crippen molar-refractivity contribution >= 4 is 29.2 Å². The van der Waals surface area contributed by atoms with Crippen molar-refractivity contribution in [3.8, 4) is 5.69 Å². The zero-order valence-electron chi connectivity index (χ0n) is 16.4. The number of nitrogens with one attached hydrogen (secondary N) is 1. The van der Waals surface area contributed by atoms with Gasteiger partial charge in [-0.2, -0.15) is 16.9 Å². The maximum Gasteiger partial charge on any atom is 0.273 e. The molecule has 0 radical (unpaired) electrons. The molecule has 1 aromatic heterocycles. The van der Waals surface area contributed by atoms with Gasteiger partial charge in [0.15, 0.2) is 0 Å². The third kappa shape index (κ3) is 3.40. The summed E-state index contributed by atoms with van der Waals surface area (Å²) >= 11 is 1.75. The molecule has 4 rings (SSSR count). The van der Waals surface area contributed by atoms with E-state index >= 15 is 0 Å². The van der Waals surface area contributed by atoms with Crippen molar-refractivity contribution in [1.29, 1.82) is 0 Å². The lowest BCUT2D eigenvalue weighted by molar-refractivity contribution is -0.385. The van der Waals surface area contributed by atoms with Gasteiger partial charge in [0, 0.05) is 34.3 Å². The zero-order chi connectivity index (χ0) is 20.7. The Morgan fingerprint density at radius 1 is 1.17 bits per heavy atom. The molecule has 0 spiro atoms. The number of amides is 1. The number of anilines is 1. The van der Waals surface area contributed by atoms with Gasteiger partial charge in [-0.3, -0.25) is 14.9 Å². The minimum absolute atomic E-state index is 0.0684. The van der Waals surface area contributed by atoms with Crippen LogP contribution in [0, 0.1) is 30.9 Å². The Labute approximate surface area is 172 Å². The molecule has 0 bridgehead atoms. The summed E-state index contributed by atoms with van der Waals surface area (Å²) in [6.07, 6.45) is 0. The lowest BCUT2D eigenvalue weighted by Gasteiger charge is -2.13. The first-order valence-corrected chi connectivity index (χ1v) is 10.3. The summed E-state index contributed by atoms with van der Waals surface area (Å²) in [7, 11) is 0. The molecule has 0 saturated carbocycles. The smallest absolute Gasteiger partial charge is 0.273 e. The molecule has 1 N–H and O–H groups in total. The molecule has 1 aliphatic rings. The van der Waals surface area contributed by atoms with Crippen molar-refractivity contribution in [2.75, 3.05) is 5.32 Å². The van der Waals surface area contributed by atoms with Crippen LogP contribution in [0.2, 0.25) is 0 Å². The van der Waals surface area contributed by atoms with Crippen LogP contribution in [-0.2, 0) is 11.5 Å². The number of rotatable bonds is 4. The van der Waals surface area contributed by atoms with Crippen molar-refractivity contribution in [1.82, 2.24) is 9.78 Å². The molecule has 0 unspecified atom stereocenters. The number of carbonyl (C=O) groups excluding carboxylic acids is 1. The summed E-state index contributed by atoms with van der Waals surface area (Å²) < 4.78 is 1.77. The molecule has 1 aliphatic heterocycles. The van der Waals surface area contributed by atoms with Crippen molar-refractivity contribution in [3.05, 3.63) is 80.0 Å². The fraction of sp³-hybridized carbons (Fsp3) is 0.238. The fourth-order valence-corrected chi connectivity index (χ4v) is 4.46. The normalized spacial score (nSPS) is 12.7. The Balaban J connectivity index is 1.76. The van der Waals surface area contributed by atoms with Crippen LogP contribution in [0.15, 0.2) is 36.4 Å². The van der Waals surface area contributed by atoms with Gasteiger partial charge < -0.3 is 5.32 Å². The average molecular weight is 408 g/mol. The van der Waals surface area contributed by atoms with Gasteiger partial charge in [-0.1, -0.05) is 12.1 Å². The van der Waals surface area contributed by atoms with Gasteiger partial charge >= 0.3 is 0 Å². The Bertz CT molecular complexity index is 1150. The number of nitro benzene ring substituents is 1. The predicted molar refractivity (Wildman–Crippen MR) is 114 cm³/mol. The number of benzene rings is 2. The lowest BCUT2D eigenvalue weighted by Crippen LogP contribution is -2.17. The van der Waals surface area contributed by atoms with E-state index in [-0.39, 0.29) is 17.2 Å². The number of hydrogen-bond acceptors (Lipinski definition) is 5. The maximum atomic E-state index is 13.0. The summed E-state index contributed by atoms with van der Waals surface area (Å²) in [5, 5.41) is 18.9. The quantitative estimate of drug-likeness (QED) is 0.499. The largest absolute Gasteiger partial charge is 0.306 e. The summed E-state index contributed by atoms with van der Waals surface area (Å²) in [5.74, 6) is 1.82. The molecule has 0 atom stereocenters. The Morgan fingerprint density at radius 3 is 2.69 bits per heavy atom. The van der Waals surface area contributed by atoms with Crippen LogP contribution in [0.4, 0.5) is 11.5 Å². The monoisotopic (exact) mass is 408 g/mol. The first kappa shape index (κ1) is 19.2. The van der Waals surface area contributed by atoms with Gasteiger partial charge in [-0.05, 0) is 50.1 Å². The number of aryl methyl sites for hydroxylation is 2. The van der Waals surface area contributed by atoms with E-state index in [4.69, 9.17) is 5.10 Å². The standard InChI is InChI=1S/C21H20N4O3S/c1-12-7-8-15(9-13(12)2)24-20(17-10-29-11-18(17)23-24)22-21(26)16-5-4-6-19(14(16)3)25(27)28/h4-9H,10-11H2,1-3H3,(H,22,26). The highest BCUT2D eigenvalue weighted by Crippen LogP contribution is 2.36. The van der Waals surface area contributed by atoms with Gasteiger partial charge in [0.2, 0.25) is 0 Å². The van der Waals surface area contributed by atoms with E-state index in [2.05, 4.69) is 5.32 Å². The average Bonchev–Trinajstić information content (AvgIpc) is 3.26. The van der Waals surface area contributed by atoms with Gasteiger partial charge in [-0.25, -0.2) is 4.68 Å². The summed E-state index contributed by atoms with van der Waals surface area (Å²) in [6.45, 7) is 5.68. The third-order valence-corrected chi connectivity index (χ3v) is 6.24. The first-order valence-electron chi connectivity index (χ1n) is 9.18.